The van der Waals surface area contributed by atoms with Crippen LogP contribution in [0.15, 0.2) is 27.8 Å². The van der Waals surface area contributed by atoms with Gasteiger partial charge in [-0.3, -0.25) is 4.79 Å². The van der Waals surface area contributed by atoms with Gasteiger partial charge in [-0.15, -0.1) is 0 Å². The van der Waals surface area contributed by atoms with Gasteiger partial charge in [0.25, 0.3) is 5.91 Å². The highest BCUT2D eigenvalue weighted by atomic mass is 127. The number of amides is 1. The van der Waals surface area contributed by atoms with E-state index in [0.29, 0.717) is 6.42 Å². The predicted octanol–water partition coefficient (Wildman–Crippen LogP) is 3.43. The third kappa shape index (κ3) is 2.56. The molecular weight excluding hydrogens is 353 g/mol. The molecule has 0 atom stereocenters. The normalized spacial score (nSPS) is 17.7. The monoisotopic (exact) mass is 371 g/mol. The number of hydrogen-bond donors (Lipinski definition) is 1. The summed E-state index contributed by atoms with van der Waals surface area (Å²) in [6, 6.07) is 7.68. The third-order valence-corrected chi connectivity index (χ3v) is 4.15. The van der Waals surface area contributed by atoms with Crippen LogP contribution in [0, 0.1) is 0 Å². The topological polar surface area (TPSA) is 40.5 Å². The minimum absolute atomic E-state index is 0.0465. The van der Waals surface area contributed by atoms with Crippen LogP contribution in [0.1, 0.15) is 43.1 Å². The minimum atomic E-state index is -0.280. The largest absolute Gasteiger partial charge is 0.396 e. The summed E-state index contributed by atoms with van der Waals surface area (Å²) in [5.41, 5.74) is 2.39. The van der Waals surface area contributed by atoms with E-state index < -0.39 is 0 Å². The maximum atomic E-state index is 12.6. The Morgan fingerprint density at radius 2 is 1.84 bits per heavy atom. The molecule has 2 rings (SSSR count). The van der Waals surface area contributed by atoms with Gasteiger partial charge in [0.15, 0.2) is 0 Å². The van der Waals surface area contributed by atoms with Crippen molar-refractivity contribution >= 4 is 34.2 Å². The molecule has 1 aromatic rings. The molecule has 19 heavy (non-hydrogen) atoms. The Hall–Kier alpha value is -0.880. The first kappa shape index (κ1) is 14.5. The molecule has 3 nitrogen and oxygen atoms in total. The Balaban J connectivity index is 2.65. The summed E-state index contributed by atoms with van der Waals surface area (Å²) in [7, 11) is 0. The van der Waals surface area contributed by atoms with E-state index in [1.807, 2.05) is 49.9 Å². The van der Waals surface area contributed by atoms with Crippen LogP contribution < -0.4 is 0 Å². The van der Waals surface area contributed by atoms with Crippen LogP contribution in [0.5, 0.6) is 0 Å². The summed E-state index contributed by atoms with van der Waals surface area (Å²) >= 11 is 2.23. The van der Waals surface area contributed by atoms with Crippen molar-refractivity contribution in [2.24, 2.45) is 0 Å². The number of carbonyl (C=O) groups is 1. The van der Waals surface area contributed by atoms with Gasteiger partial charge < -0.3 is 10.0 Å². The third-order valence-electron chi connectivity index (χ3n) is 3.10. The lowest BCUT2D eigenvalue weighted by atomic mass is 10.0. The van der Waals surface area contributed by atoms with Crippen LogP contribution in [0.25, 0.3) is 5.70 Å². The molecule has 102 valence electrons. The van der Waals surface area contributed by atoms with Crippen molar-refractivity contribution in [1.82, 2.24) is 4.90 Å². The van der Waals surface area contributed by atoms with Gasteiger partial charge in [0, 0.05) is 33.3 Å². The summed E-state index contributed by atoms with van der Waals surface area (Å²) in [4.78, 5) is 14.4. The molecule has 1 aromatic carbocycles. The number of fused-ring (bicyclic) bond motifs is 1. The summed E-state index contributed by atoms with van der Waals surface area (Å²) in [5, 5.41) is 9.16. The fourth-order valence-corrected chi connectivity index (χ4v) is 3.12. The van der Waals surface area contributed by atoms with Gasteiger partial charge in [-0.2, -0.15) is 0 Å². The molecule has 0 saturated carbocycles. The Morgan fingerprint density at radius 3 is 2.37 bits per heavy atom. The Labute approximate surface area is 127 Å². The zero-order chi connectivity index (χ0) is 14.2. The molecule has 1 heterocycles. The lowest BCUT2D eigenvalue weighted by Crippen LogP contribution is -2.41. The number of hydrogen-bond acceptors (Lipinski definition) is 2. The van der Waals surface area contributed by atoms with Gasteiger partial charge in [-0.25, -0.2) is 0 Å². The number of rotatable bonds is 2. The van der Waals surface area contributed by atoms with Crippen LogP contribution >= 0.6 is 22.6 Å². The second-order valence-electron chi connectivity index (χ2n) is 5.58. The van der Waals surface area contributed by atoms with E-state index in [0.717, 1.165) is 20.4 Å². The van der Waals surface area contributed by atoms with Crippen LogP contribution in [-0.2, 0) is 0 Å². The summed E-state index contributed by atoms with van der Waals surface area (Å²) < 4.78 is 1.02. The maximum Gasteiger partial charge on any atom is 0.259 e. The fraction of sp³-hybridized carbons (Fsp3) is 0.400. The zero-order valence-electron chi connectivity index (χ0n) is 11.4. The fourth-order valence-electron chi connectivity index (χ4n) is 2.34. The SMILES string of the molecule is CC(C)(C)N1C(=O)c2ccccc2/C1=C(\I)CCO. The lowest BCUT2D eigenvalue weighted by Gasteiger charge is -2.33. The number of halogens is 1. The highest BCUT2D eigenvalue weighted by Gasteiger charge is 2.39. The van der Waals surface area contributed by atoms with Gasteiger partial charge in [0.05, 0.1) is 5.70 Å². The molecule has 1 amide bonds. The van der Waals surface area contributed by atoms with Crippen molar-refractivity contribution in [2.45, 2.75) is 32.7 Å². The molecule has 0 fully saturated rings. The lowest BCUT2D eigenvalue weighted by molar-refractivity contribution is 0.0748. The van der Waals surface area contributed by atoms with E-state index in [9.17, 15) is 4.79 Å². The summed E-state index contributed by atoms with van der Waals surface area (Å²) in [6.07, 6.45) is 0.573. The number of aliphatic hydroxyl groups excluding tert-OH is 1. The van der Waals surface area contributed by atoms with E-state index in [4.69, 9.17) is 5.11 Å². The van der Waals surface area contributed by atoms with Gasteiger partial charge >= 0.3 is 0 Å². The Morgan fingerprint density at radius 1 is 1.26 bits per heavy atom. The zero-order valence-corrected chi connectivity index (χ0v) is 13.6. The number of aliphatic hydroxyl groups is 1. The number of nitrogens with zero attached hydrogens (tertiary/aromatic N) is 1. The number of carbonyl (C=O) groups excluding carboxylic acids is 1. The predicted molar refractivity (Wildman–Crippen MR) is 85.0 cm³/mol. The van der Waals surface area contributed by atoms with Crippen molar-refractivity contribution in [1.29, 1.82) is 0 Å². The van der Waals surface area contributed by atoms with Gasteiger partial charge in [-0.1, -0.05) is 18.2 Å². The first-order valence-corrected chi connectivity index (χ1v) is 7.39. The van der Waals surface area contributed by atoms with E-state index in [2.05, 4.69) is 22.6 Å². The molecule has 0 bridgehead atoms. The average molecular weight is 371 g/mol. The minimum Gasteiger partial charge on any atom is -0.396 e. The van der Waals surface area contributed by atoms with Crippen molar-refractivity contribution in [3.05, 3.63) is 39.0 Å². The molecule has 1 aliphatic rings. The van der Waals surface area contributed by atoms with Crippen molar-refractivity contribution in [3.8, 4) is 0 Å². The first-order valence-electron chi connectivity index (χ1n) is 6.31. The molecule has 0 saturated heterocycles. The highest BCUT2D eigenvalue weighted by Crippen LogP contribution is 2.41. The molecule has 0 unspecified atom stereocenters. The quantitative estimate of drug-likeness (QED) is 0.810. The van der Waals surface area contributed by atoms with Crippen LogP contribution in [-0.4, -0.2) is 28.1 Å². The van der Waals surface area contributed by atoms with E-state index in [1.54, 1.807) is 0 Å². The van der Waals surface area contributed by atoms with Crippen LogP contribution in [0.3, 0.4) is 0 Å². The van der Waals surface area contributed by atoms with Crippen molar-refractivity contribution in [3.63, 3.8) is 0 Å². The molecule has 4 heteroatoms. The first-order chi connectivity index (χ1) is 8.88. The summed E-state index contributed by atoms with van der Waals surface area (Å²) in [6.45, 7) is 6.18. The number of benzene rings is 1. The summed E-state index contributed by atoms with van der Waals surface area (Å²) in [5.74, 6) is 0.0465. The maximum absolute atomic E-state index is 12.6. The van der Waals surface area contributed by atoms with Crippen LogP contribution in [0.4, 0.5) is 0 Å². The van der Waals surface area contributed by atoms with E-state index in [1.165, 1.54) is 0 Å². The van der Waals surface area contributed by atoms with Gasteiger partial charge in [0.1, 0.15) is 0 Å². The molecule has 0 aromatic heterocycles. The molecule has 0 aliphatic carbocycles. The van der Waals surface area contributed by atoms with E-state index >= 15 is 0 Å². The molecule has 0 radical (unpaired) electrons. The smallest absolute Gasteiger partial charge is 0.259 e. The van der Waals surface area contributed by atoms with Gasteiger partial charge in [-0.05, 0) is 49.4 Å². The average Bonchev–Trinajstić information content (AvgIpc) is 2.63. The molecule has 1 N–H and O–H groups in total. The van der Waals surface area contributed by atoms with Crippen molar-refractivity contribution < 1.29 is 9.90 Å². The van der Waals surface area contributed by atoms with Gasteiger partial charge in [0.2, 0.25) is 0 Å². The Kier molecular flexibility index (Phi) is 4.01. The second-order valence-corrected chi connectivity index (χ2v) is 6.89. The molecule has 1 aliphatic heterocycles. The highest BCUT2D eigenvalue weighted by molar-refractivity contribution is 14.1. The van der Waals surface area contributed by atoms with Crippen LogP contribution in [0.2, 0.25) is 0 Å². The van der Waals surface area contributed by atoms with Crippen molar-refractivity contribution in [2.75, 3.05) is 6.61 Å². The van der Waals surface area contributed by atoms with E-state index in [-0.39, 0.29) is 18.1 Å². The second kappa shape index (κ2) is 5.25. The molecule has 0 spiro atoms. The standard InChI is InChI=1S/C15H18INO2/c1-15(2,3)17-13(12(16)8-9-18)10-6-4-5-7-11(10)14(17)19/h4-7,18H,8-9H2,1-3H3/b13-12+. The Bertz CT molecular complexity index is 543. The molecular formula is C15H18INO2.